The molecule has 1 atom stereocenters. The molecule has 0 amide bonds. The van der Waals surface area contributed by atoms with Crippen LogP contribution >= 0.6 is 34.5 Å². The van der Waals surface area contributed by atoms with Gasteiger partial charge in [-0.15, -0.1) is 11.3 Å². The van der Waals surface area contributed by atoms with Crippen LogP contribution in [0.25, 0.3) is 32.1 Å². The second kappa shape index (κ2) is 10.3. The van der Waals surface area contributed by atoms with Crippen LogP contribution < -0.4 is 10.2 Å². The zero-order valence-electron chi connectivity index (χ0n) is 21.9. The van der Waals surface area contributed by atoms with Crippen LogP contribution in [0.15, 0.2) is 18.5 Å². The van der Waals surface area contributed by atoms with Gasteiger partial charge in [-0.2, -0.15) is 10.2 Å². The fourth-order valence-corrected chi connectivity index (χ4v) is 6.14. The quantitative estimate of drug-likeness (QED) is 0.268. The third kappa shape index (κ3) is 5.47. The molecule has 204 valence electrons. The molecular weight excluding hydrogens is 562 g/mol. The Hall–Kier alpha value is -2.81. The van der Waals surface area contributed by atoms with E-state index in [4.69, 9.17) is 27.9 Å². The molecule has 1 fully saturated rings. The number of thiophene rings is 1. The number of hydrogen-bond donors (Lipinski definition) is 2. The maximum absolute atomic E-state index is 16.4. The number of rotatable bonds is 4. The van der Waals surface area contributed by atoms with E-state index in [1.165, 1.54) is 17.5 Å². The molecule has 5 rings (SSSR count). The lowest BCUT2D eigenvalue weighted by atomic mass is 9.97. The molecule has 0 radical (unpaired) electrons. The summed E-state index contributed by atoms with van der Waals surface area (Å²) >= 11 is 14.4. The van der Waals surface area contributed by atoms with Crippen molar-refractivity contribution in [1.29, 1.82) is 5.26 Å². The Kier molecular flexibility index (Phi) is 7.33. The van der Waals surface area contributed by atoms with Gasteiger partial charge in [-0.25, -0.2) is 9.37 Å². The number of aliphatic hydroxyl groups is 1. The monoisotopic (exact) mass is 588 g/mol. The van der Waals surface area contributed by atoms with Gasteiger partial charge in [0.15, 0.2) is 5.82 Å². The summed E-state index contributed by atoms with van der Waals surface area (Å²) in [5.74, 6) is -0.351. The first-order valence-corrected chi connectivity index (χ1v) is 13.9. The smallest absolute Gasteiger partial charge is 0.225 e. The van der Waals surface area contributed by atoms with Crippen molar-refractivity contribution in [3.63, 3.8) is 0 Å². The first-order chi connectivity index (χ1) is 18.4. The van der Waals surface area contributed by atoms with Gasteiger partial charge >= 0.3 is 0 Å². The zero-order chi connectivity index (χ0) is 28.1. The maximum Gasteiger partial charge on any atom is 0.225 e. The predicted octanol–water partition coefficient (Wildman–Crippen LogP) is 6.27. The molecule has 39 heavy (non-hydrogen) atoms. The van der Waals surface area contributed by atoms with E-state index in [-0.39, 0.29) is 40.0 Å². The second-order valence-electron chi connectivity index (χ2n) is 11.1. The molecule has 3 aromatic heterocycles. The molecule has 0 spiro atoms. The summed E-state index contributed by atoms with van der Waals surface area (Å²) in [5, 5.41) is 25.7. The molecule has 0 aliphatic carbocycles. The van der Waals surface area contributed by atoms with Crippen LogP contribution in [0.1, 0.15) is 33.3 Å². The second-order valence-corrected chi connectivity index (χ2v) is 12.9. The summed E-state index contributed by atoms with van der Waals surface area (Å²) in [6.07, 6.45) is 3.16. The summed E-state index contributed by atoms with van der Waals surface area (Å²) in [6, 6.07) is 3.88. The molecule has 4 heterocycles. The highest BCUT2D eigenvalue weighted by Crippen LogP contribution is 2.45. The summed E-state index contributed by atoms with van der Waals surface area (Å²) < 4.78 is 22.7. The lowest BCUT2D eigenvalue weighted by Crippen LogP contribution is -2.42. The van der Waals surface area contributed by atoms with Gasteiger partial charge in [-0.1, -0.05) is 32.4 Å². The van der Waals surface area contributed by atoms with Crippen LogP contribution in [0.3, 0.4) is 0 Å². The van der Waals surface area contributed by atoms with Crippen LogP contribution in [0, 0.1) is 22.6 Å². The van der Waals surface area contributed by atoms with Crippen molar-refractivity contribution in [2.75, 3.05) is 43.1 Å². The number of β-amino-alcohol motifs (C(OH)–C–C–N with tert-alkyl or cyclic N) is 1. The van der Waals surface area contributed by atoms with Crippen LogP contribution in [0.5, 0.6) is 0 Å². The number of aromatic nitrogens is 3. The molecule has 12 heteroatoms. The van der Waals surface area contributed by atoms with Crippen LogP contribution in [-0.4, -0.2) is 58.5 Å². The number of fused-ring (bicyclic) bond motifs is 2. The average Bonchev–Trinajstić information content (AvgIpc) is 3.12. The third-order valence-corrected chi connectivity index (χ3v) is 7.89. The SMILES string of the molecule is CC(C)(C)CNc1sc2cncc(-c3c(Cl)cc4c(N5CCOCC(C)(O)C5)nc(Cl)nc4c3F)c2c1C#N. The van der Waals surface area contributed by atoms with E-state index in [1.54, 1.807) is 24.1 Å². The molecule has 1 saturated heterocycles. The fraction of sp³-hybridized carbons (Fsp3) is 0.407. The Morgan fingerprint density at radius 1 is 1.31 bits per heavy atom. The Morgan fingerprint density at radius 2 is 2.08 bits per heavy atom. The average molecular weight is 590 g/mol. The number of pyridine rings is 1. The van der Waals surface area contributed by atoms with Gasteiger partial charge in [0.1, 0.15) is 28.0 Å². The van der Waals surface area contributed by atoms with Gasteiger partial charge in [0, 0.05) is 47.4 Å². The summed E-state index contributed by atoms with van der Waals surface area (Å²) in [4.78, 5) is 14.7. The number of ether oxygens (including phenoxy) is 1. The summed E-state index contributed by atoms with van der Waals surface area (Å²) in [7, 11) is 0. The standard InChI is InChI=1S/C27H27Cl2FN6O2S/c1-26(2,3)11-33-24-15(8-31)19-16(9-32-10-18(19)39-24)20-17(28)7-14-22(21(20)30)34-25(29)35-23(14)36-5-6-38-13-27(4,37)12-36/h7,9-10,33,37H,5-6,11-13H2,1-4H3. The van der Waals surface area contributed by atoms with Crippen molar-refractivity contribution in [1.82, 2.24) is 15.0 Å². The summed E-state index contributed by atoms with van der Waals surface area (Å²) in [5.41, 5.74) is -0.315. The minimum absolute atomic E-state index is 0.0125. The number of hydrogen-bond acceptors (Lipinski definition) is 9. The van der Waals surface area contributed by atoms with Gasteiger partial charge in [-0.05, 0) is 30.0 Å². The minimum atomic E-state index is -1.14. The molecule has 1 unspecified atom stereocenters. The maximum atomic E-state index is 16.4. The highest BCUT2D eigenvalue weighted by molar-refractivity contribution is 7.23. The van der Waals surface area contributed by atoms with E-state index >= 15 is 4.39 Å². The zero-order valence-corrected chi connectivity index (χ0v) is 24.2. The van der Waals surface area contributed by atoms with E-state index in [9.17, 15) is 10.4 Å². The molecule has 1 aromatic carbocycles. The minimum Gasteiger partial charge on any atom is -0.386 e. The van der Waals surface area contributed by atoms with Crippen molar-refractivity contribution in [3.05, 3.63) is 40.1 Å². The molecule has 1 aliphatic rings. The topological polar surface area (TPSA) is 107 Å². The first-order valence-electron chi connectivity index (χ1n) is 12.3. The van der Waals surface area contributed by atoms with Gasteiger partial charge in [0.25, 0.3) is 0 Å². The van der Waals surface area contributed by atoms with Crippen LogP contribution in [-0.2, 0) is 4.74 Å². The van der Waals surface area contributed by atoms with Gasteiger partial charge in [-0.3, -0.25) is 4.98 Å². The lowest BCUT2D eigenvalue weighted by molar-refractivity contribution is -0.0123. The fourth-order valence-electron chi connectivity index (χ4n) is 4.64. The molecule has 8 nitrogen and oxygen atoms in total. The van der Waals surface area contributed by atoms with Gasteiger partial charge in [0.05, 0.1) is 35.0 Å². The van der Waals surface area contributed by atoms with Crippen molar-refractivity contribution < 1.29 is 14.2 Å². The Balaban J connectivity index is 1.70. The number of halogens is 3. The van der Waals surface area contributed by atoms with E-state index in [0.717, 1.165) is 4.70 Å². The first kappa shape index (κ1) is 27.7. The molecule has 4 aromatic rings. The van der Waals surface area contributed by atoms with Crippen molar-refractivity contribution >= 4 is 66.3 Å². The van der Waals surface area contributed by atoms with E-state index in [1.807, 2.05) is 0 Å². The van der Waals surface area contributed by atoms with Crippen molar-refractivity contribution in [3.8, 4) is 17.2 Å². The Morgan fingerprint density at radius 3 is 2.79 bits per heavy atom. The van der Waals surface area contributed by atoms with E-state index < -0.39 is 11.4 Å². The van der Waals surface area contributed by atoms with Crippen LogP contribution in [0.4, 0.5) is 15.2 Å². The molecular formula is C27H27Cl2FN6O2S. The molecule has 2 N–H and O–H groups in total. The van der Waals surface area contributed by atoms with E-state index in [2.05, 4.69) is 47.1 Å². The Labute approximate surface area is 239 Å². The highest BCUT2D eigenvalue weighted by Gasteiger charge is 2.31. The number of nitrogens with one attached hydrogen (secondary N) is 1. The predicted molar refractivity (Wildman–Crippen MR) is 154 cm³/mol. The normalized spacial score (nSPS) is 18.4. The molecule has 0 saturated carbocycles. The number of nitriles is 1. The Bertz CT molecular complexity index is 1630. The lowest BCUT2D eigenvalue weighted by Gasteiger charge is -2.29. The summed E-state index contributed by atoms with van der Waals surface area (Å²) in [6.45, 7) is 9.71. The highest BCUT2D eigenvalue weighted by atomic mass is 35.5. The molecule has 1 aliphatic heterocycles. The molecule has 0 bridgehead atoms. The van der Waals surface area contributed by atoms with E-state index in [0.29, 0.717) is 52.4 Å². The largest absolute Gasteiger partial charge is 0.386 e. The number of benzene rings is 1. The third-order valence-electron chi connectivity index (χ3n) is 6.35. The van der Waals surface area contributed by atoms with Gasteiger partial charge in [0.2, 0.25) is 5.28 Å². The van der Waals surface area contributed by atoms with Crippen molar-refractivity contribution in [2.45, 2.75) is 33.3 Å². The number of anilines is 2. The van der Waals surface area contributed by atoms with Gasteiger partial charge < -0.3 is 20.1 Å². The number of nitrogens with zero attached hydrogens (tertiary/aromatic N) is 5. The van der Waals surface area contributed by atoms with Crippen LogP contribution in [0.2, 0.25) is 10.3 Å². The van der Waals surface area contributed by atoms with Crippen molar-refractivity contribution in [2.24, 2.45) is 5.41 Å².